The van der Waals surface area contributed by atoms with Crippen molar-refractivity contribution < 1.29 is 9.13 Å². The second kappa shape index (κ2) is 5.05. The molecule has 5 heteroatoms. The van der Waals surface area contributed by atoms with Crippen LogP contribution in [0.25, 0.3) is 5.69 Å². The number of hydrogen-bond acceptors (Lipinski definition) is 3. The van der Waals surface area contributed by atoms with E-state index in [2.05, 4.69) is 10.3 Å². The number of halogens is 1. The molecule has 0 N–H and O–H groups in total. The molecule has 0 aliphatic carbocycles. The van der Waals surface area contributed by atoms with Gasteiger partial charge in [-0.05, 0) is 24.1 Å². The molecule has 1 heterocycles. The summed E-state index contributed by atoms with van der Waals surface area (Å²) in [5.41, 5.74) is 2.08. The minimum atomic E-state index is -0.214. The Balaban J connectivity index is 2.29. The average Bonchev–Trinajstić information content (AvgIpc) is 2.78. The minimum Gasteiger partial charge on any atom is -0.378 e. The van der Waals surface area contributed by atoms with Gasteiger partial charge in [0.15, 0.2) is 0 Å². The number of aromatic nitrogens is 3. The van der Waals surface area contributed by atoms with Crippen molar-refractivity contribution in [2.45, 2.75) is 20.0 Å². The van der Waals surface area contributed by atoms with Gasteiger partial charge in [-0.2, -0.15) is 0 Å². The Morgan fingerprint density at radius 1 is 1.41 bits per heavy atom. The molecule has 2 aromatic rings. The third-order valence-electron chi connectivity index (χ3n) is 2.52. The maximum atomic E-state index is 13.6. The molecule has 2 rings (SSSR count). The second-order valence-electron chi connectivity index (χ2n) is 3.72. The van der Waals surface area contributed by atoms with Crippen molar-refractivity contribution >= 4 is 0 Å². The monoisotopic (exact) mass is 235 g/mol. The summed E-state index contributed by atoms with van der Waals surface area (Å²) in [6.07, 6.45) is 2.41. The third kappa shape index (κ3) is 2.50. The third-order valence-corrected chi connectivity index (χ3v) is 2.52. The smallest absolute Gasteiger partial charge is 0.128 e. The van der Waals surface area contributed by atoms with Crippen molar-refractivity contribution in [2.75, 3.05) is 7.11 Å². The van der Waals surface area contributed by atoms with E-state index in [1.807, 2.05) is 13.0 Å². The Labute approximate surface area is 99.0 Å². The predicted molar refractivity (Wildman–Crippen MR) is 61.4 cm³/mol. The molecule has 1 aromatic heterocycles. The van der Waals surface area contributed by atoms with Gasteiger partial charge in [0.25, 0.3) is 0 Å². The quantitative estimate of drug-likeness (QED) is 0.814. The summed E-state index contributed by atoms with van der Waals surface area (Å²) in [6, 6.07) is 5.06. The van der Waals surface area contributed by atoms with Gasteiger partial charge in [0.2, 0.25) is 0 Å². The molecule has 0 spiro atoms. The normalized spacial score (nSPS) is 10.8. The van der Waals surface area contributed by atoms with Gasteiger partial charge in [0.05, 0.1) is 18.5 Å². The van der Waals surface area contributed by atoms with Crippen LogP contribution in [0, 0.1) is 5.82 Å². The van der Waals surface area contributed by atoms with Crippen LogP contribution in [0.5, 0.6) is 0 Å². The van der Waals surface area contributed by atoms with E-state index in [1.54, 1.807) is 19.4 Å². The first-order chi connectivity index (χ1) is 8.24. The first-order valence-corrected chi connectivity index (χ1v) is 5.43. The summed E-state index contributed by atoms with van der Waals surface area (Å²) in [7, 11) is 1.59. The molecule has 0 radical (unpaired) electrons. The summed E-state index contributed by atoms with van der Waals surface area (Å²) >= 11 is 0. The number of rotatable bonds is 4. The average molecular weight is 235 g/mol. The fraction of sp³-hybridized carbons (Fsp3) is 0.333. The van der Waals surface area contributed by atoms with Crippen LogP contribution in [0.4, 0.5) is 4.39 Å². The molecule has 0 bridgehead atoms. The van der Waals surface area contributed by atoms with Crippen LogP contribution in [0.15, 0.2) is 24.4 Å². The summed E-state index contributed by atoms with van der Waals surface area (Å²) in [5.74, 6) is -0.214. The molecular weight excluding hydrogens is 221 g/mol. The zero-order valence-corrected chi connectivity index (χ0v) is 9.85. The fourth-order valence-corrected chi connectivity index (χ4v) is 1.60. The highest BCUT2D eigenvalue weighted by molar-refractivity contribution is 5.35. The van der Waals surface area contributed by atoms with Crippen LogP contribution >= 0.6 is 0 Å². The molecule has 0 amide bonds. The molecule has 90 valence electrons. The highest BCUT2D eigenvalue weighted by atomic mass is 19.1. The van der Waals surface area contributed by atoms with E-state index in [9.17, 15) is 4.39 Å². The molecule has 17 heavy (non-hydrogen) atoms. The second-order valence-corrected chi connectivity index (χ2v) is 3.72. The lowest BCUT2D eigenvalue weighted by Crippen LogP contribution is -1.97. The highest BCUT2D eigenvalue weighted by Crippen LogP contribution is 2.14. The first-order valence-electron chi connectivity index (χ1n) is 5.43. The highest BCUT2D eigenvalue weighted by Gasteiger charge is 2.06. The SMILES string of the molecule is CCc1ccc(-n2cc(COC)nn2)cc1F. The zero-order valence-electron chi connectivity index (χ0n) is 9.85. The van der Waals surface area contributed by atoms with Crippen LogP contribution in [-0.2, 0) is 17.8 Å². The van der Waals surface area contributed by atoms with E-state index < -0.39 is 0 Å². The van der Waals surface area contributed by atoms with E-state index in [0.717, 1.165) is 0 Å². The Bertz CT molecular complexity index is 510. The number of aryl methyl sites for hydroxylation is 1. The number of nitrogens with zero attached hydrogens (tertiary/aromatic N) is 3. The van der Waals surface area contributed by atoms with Gasteiger partial charge in [0, 0.05) is 7.11 Å². The first kappa shape index (κ1) is 11.7. The van der Waals surface area contributed by atoms with Crippen molar-refractivity contribution in [3.63, 3.8) is 0 Å². The topological polar surface area (TPSA) is 39.9 Å². The lowest BCUT2D eigenvalue weighted by Gasteiger charge is -2.03. The van der Waals surface area contributed by atoms with Crippen LogP contribution in [0.3, 0.4) is 0 Å². The lowest BCUT2D eigenvalue weighted by atomic mass is 10.1. The van der Waals surface area contributed by atoms with E-state index in [0.29, 0.717) is 30.0 Å². The van der Waals surface area contributed by atoms with Crippen LogP contribution in [0.2, 0.25) is 0 Å². The Hall–Kier alpha value is -1.75. The van der Waals surface area contributed by atoms with E-state index in [-0.39, 0.29) is 5.82 Å². The molecule has 0 saturated heterocycles. The van der Waals surface area contributed by atoms with Gasteiger partial charge in [-0.1, -0.05) is 18.2 Å². The maximum absolute atomic E-state index is 13.6. The molecule has 4 nitrogen and oxygen atoms in total. The summed E-state index contributed by atoms with van der Waals surface area (Å²) in [4.78, 5) is 0. The van der Waals surface area contributed by atoms with Gasteiger partial charge in [-0.3, -0.25) is 0 Å². The van der Waals surface area contributed by atoms with Crippen molar-refractivity contribution in [1.82, 2.24) is 15.0 Å². The summed E-state index contributed by atoms with van der Waals surface area (Å²) in [5, 5.41) is 7.84. The maximum Gasteiger partial charge on any atom is 0.128 e. The Morgan fingerprint density at radius 3 is 2.88 bits per heavy atom. The van der Waals surface area contributed by atoms with Gasteiger partial charge >= 0.3 is 0 Å². The predicted octanol–water partition coefficient (Wildman–Crippen LogP) is 2.12. The lowest BCUT2D eigenvalue weighted by molar-refractivity contribution is 0.181. The molecule has 1 aromatic carbocycles. The fourth-order valence-electron chi connectivity index (χ4n) is 1.60. The molecule has 0 aliphatic heterocycles. The summed E-state index contributed by atoms with van der Waals surface area (Å²) in [6.45, 7) is 2.32. The van der Waals surface area contributed by atoms with Gasteiger partial charge in [0.1, 0.15) is 11.5 Å². The van der Waals surface area contributed by atoms with Crippen molar-refractivity contribution in [3.05, 3.63) is 41.5 Å². The van der Waals surface area contributed by atoms with E-state index in [1.165, 1.54) is 10.7 Å². The van der Waals surface area contributed by atoms with E-state index >= 15 is 0 Å². The Morgan fingerprint density at radius 2 is 2.24 bits per heavy atom. The van der Waals surface area contributed by atoms with Crippen LogP contribution in [-0.4, -0.2) is 22.1 Å². The van der Waals surface area contributed by atoms with Crippen molar-refractivity contribution in [1.29, 1.82) is 0 Å². The van der Waals surface area contributed by atoms with Gasteiger partial charge in [-0.25, -0.2) is 9.07 Å². The van der Waals surface area contributed by atoms with E-state index in [4.69, 9.17) is 4.74 Å². The summed E-state index contributed by atoms with van der Waals surface area (Å²) < 4.78 is 20.1. The number of methoxy groups -OCH3 is 1. The van der Waals surface area contributed by atoms with Crippen LogP contribution in [0.1, 0.15) is 18.2 Å². The van der Waals surface area contributed by atoms with Crippen molar-refractivity contribution in [3.8, 4) is 5.69 Å². The van der Waals surface area contributed by atoms with Crippen LogP contribution < -0.4 is 0 Å². The largest absolute Gasteiger partial charge is 0.378 e. The van der Waals surface area contributed by atoms with Gasteiger partial charge < -0.3 is 4.74 Å². The molecule has 0 unspecified atom stereocenters. The molecular formula is C12H14FN3O. The minimum absolute atomic E-state index is 0.214. The van der Waals surface area contributed by atoms with Crippen molar-refractivity contribution in [2.24, 2.45) is 0 Å². The number of hydrogen-bond donors (Lipinski definition) is 0. The Kier molecular flexibility index (Phi) is 3.49. The molecule has 0 atom stereocenters. The standard InChI is InChI=1S/C12H14FN3O/c1-3-9-4-5-11(6-12(9)13)16-7-10(8-17-2)14-15-16/h4-7H,3,8H2,1-2H3. The molecule has 0 saturated carbocycles. The molecule has 0 aliphatic rings. The zero-order chi connectivity index (χ0) is 12.3. The molecule has 0 fully saturated rings. The number of benzene rings is 1. The van der Waals surface area contributed by atoms with Gasteiger partial charge in [-0.15, -0.1) is 5.10 Å². The number of ether oxygens (including phenoxy) is 1.